The van der Waals surface area contributed by atoms with E-state index in [-0.39, 0.29) is 10.5 Å². The van der Waals surface area contributed by atoms with Crippen LogP contribution in [0.1, 0.15) is 21.5 Å². The van der Waals surface area contributed by atoms with Crippen molar-refractivity contribution in [2.24, 2.45) is 0 Å². The highest BCUT2D eigenvalue weighted by atomic mass is 32.2. The maximum atomic E-state index is 13.2. The smallest absolute Gasteiger partial charge is 0.264 e. The Morgan fingerprint density at radius 1 is 0.857 bits per heavy atom. The van der Waals surface area contributed by atoms with Gasteiger partial charge in [0.05, 0.1) is 11.3 Å². The van der Waals surface area contributed by atoms with Gasteiger partial charge in [-0.2, -0.15) is 0 Å². The topological polar surface area (TPSA) is 66.5 Å². The molecule has 144 valence electrons. The molecule has 0 saturated heterocycles. The van der Waals surface area contributed by atoms with E-state index in [4.69, 9.17) is 0 Å². The van der Waals surface area contributed by atoms with Crippen molar-refractivity contribution in [1.82, 2.24) is 0 Å². The predicted molar refractivity (Wildman–Crippen MR) is 112 cm³/mol. The zero-order valence-electron chi connectivity index (χ0n) is 16.0. The molecule has 3 rings (SSSR count). The maximum absolute atomic E-state index is 13.2. The summed E-state index contributed by atoms with van der Waals surface area (Å²) < 4.78 is 27.5. The number of sulfonamides is 1. The number of amides is 1. The van der Waals surface area contributed by atoms with Crippen molar-refractivity contribution in [2.75, 3.05) is 16.7 Å². The first-order valence-corrected chi connectivity index (χ1v) is 10.3. The van der Waals surface area contributed by atoms with Gasteiger partial charge in [0.25, 0.3) is 15.9 Å². The monoisotopic (exact) mass is 394 g/mol. The first kappa shape index (κ1) is 19.6. The number of nitrogens with one attached hydrogen (secondary N) is 1. The third-order valence-electron chi connectivity index (χ3n) is 4.65. The molecule has 6 heteroatoms. The quantitative estimate of drug-likeness (QED) is 0.698. The lowest BCUT2D eigenvalue weighted by atomic mass is 10.1. The van der Waals surface area contributed by atoms with Gasteiger partial charge in [-0.3, -0.25) is 9.10 Å². The van der Waals surface area contributed by atoms with E-state index >= 15 is 0 Å². The van der Waals surface area contributed by atoms with E-state index in [0.29, 0.717) is 11.4 Å². The second-order valence-electron chi connectivity index (χ2n) is 6.56. The van der Waals surface area contributed by atoms with Crippen LogP contribution in [0.5, 0.6) is 0 Å². The highest BCUT2D eigenvalue weighted by Crippen LogP contribution is 2.25. The van der Waals surface area contributed by atoms with Gasteiger partial charge in [0.1, 0.15) is 4.90 Å². The van der Waals surface area contributed by atoms with Crippen molar-refractivity contribution in [3.8, 4) is 0 Å². The summed E-state index contributed by atoms with van der Waals surface area (Å²) in [5.74, 6) is -0.469. The first-order valence-electron chi connectivity index (χ1n) is 8.82. The number of anilines is 2. The van der Waals surface area contributed by atoms with E-state index in [1.165, 1.54) is 23.5 Å². The van der Waals surface area contributed by atoms with E-state index in [1.807, 2.05) is 32.0 Å². The van der Waals surface area contributed by atoms with Crippen LogP contribution >= 0.6 is 0 Å². The molecule has 3 aromatic rings. The normalized spacial score (nSPS) is 11.1. The van der Waals surface area contributed by atoms with Gasteiger partial charge in [-0.15, -0.1) is 0 Å². The van der Waals surface area contributed by atoms with Gasteiger partial charge in [0.15, 0.2) is 0 Å². The lowest BCUT2D eigenvalue weighted by Crippen LogP contribution is -2.28. The Labute approximate surface area is 165 Å². The number of para-hydroxylation sites is 1. The number of hydrogen-bond acceptors (Lipinski definition) is 3. The molecule has 0 saturated carbocycles. The first-order chi connectivity index (χ1) is 13.3. The van der Waals surface area contributed by atoms with Gasteiger partial charge >= 0.3 is 0 Å². The Hall–Kier alpha value is -3.12. The zero-order valence-corrected chi connectivity index (χ0v) is 16.8. The third-order valence-corrected chi connectivity index (χ3v) is 6.50. The molecule has 0 radical (unpaired) electrons. The van der Waals surface area contributed by atoms with Gasteiger partial charge in [0.2, 0.25) is 0 Å². The largest absolute Gasteiger partial charge is 0.322 e. The van der Waals surface area contributed by atoms with Crippen LogP contribution < -0.4 is 9.62 Å². The number of nitrogens with zero attached hydrogens (tertiary/aromatic N) is 1. The number of benzene rings is 3. The van der Waals surface area contributed by atoms with E-state index < -0.39 is 15.9 Å². The van der Waals surface area contributed by atoms with Gasteiger partial charge in [-0.1, -0.05) is 36.4 Å². The summed E-state index contributed by atoms with van der Waals surface area (Å²) in [7, 11) is -2.43. The van der Waals surface area contributed by atoms with Crippen LogP contribution in [-0.4, -0.2) is 21.4 Å². The molecule has 0 atom stereocenters. The van der Waals surface area contributed by atoms with Gasteiger partial charge < -0.3 is 5.32 Å². The predicted octanol–water partition coefficient (Wildman–Crippen LogP) is 4.38. The summed E-state index contributed by atoms with van der Waals surface area (Å²) >= 11 is 0. The number of rotatable bonds is 5. The number of hydrogen-bond donors (Lipinski definition) is 1. The van der Waals surface area contributed by atoms with Gasteiger partial charge in [0, 0.05) is 12.7 Å². The van der Waals surface area contributed by atoms with Crippen LogP contribution in [0.3, 0.4) is 0 Å². The Morgan fingerprint density at radius 3 is 2.18 bits per heavy atom. The molecule has 0 aliphatic rings. The molecule has 28 heavy (non-hydrogen) atoms. The minimum Gasteiger partial charge on any atom is -0.322 e. The summed E-state index contributed by atoms with van der Waals surface area (Å²) in [6.45, 7) is 3.94. The highest BCUT2D eigenvalue weighted by Gasteiger charge is 2.26. The zero-order chi connectivity index (χ0) is 20.3. The summed E-state index contributed by atoms with van der Waals surface area (Å²) in [4.78, 5) is 12.8. The SMILES string of the molecule is Cc1ccc(NC(=O)c2ccccc2S(=O)(=O)N(C)c2ccccc2)cc1C. The Kier molecular flexibility index (Phi) is 5.51. The van der Waals surface area contributed by atoms with Crippen molar-refractivity contribution >= 4 is 27.3 Å². The van der Waals surface area contributed by atoms with Crippen molar-refractivity contribution in [2.45, 2.75) is 18.7 Å². The van der Waals surface area contributed by atoms with E-state index in [2.05, 4.69) is 5.32 Å². The van der Waals surface area contributed by atoms with Crippen LogP contribution in [-0.2, 0) is 10.0 Å². The molecule has 0 spiro atoms. The molecule has 0 unspecified atom stereocenters. The fourth-order valence-electron chi connectivity index (χ4n) is 2.82. The standard InChI is InChI=1S/C22H22N2O3S/c1-16-13-14-18(15-17(16)2)23-22(25)20-11-7-8-12-21(20)28(26,27)24(3)19-9-5-4-6-10-19/h4-15H,1-3H3,(H,23,25). The molecule has 0 aliphatic carbocycles. The molecule has 0 heterocycles. The summed E-state index contributed by atoms with van der Waals surface area (Å²) in [5, 5.41) is 2.80. The number of aryl methyl sites for hydroxylation is 2. The van der Waals surface area contributed by atoms with E-state index in [1.54, 1.807) is 42.5 Å². The molecule has 0 aliphatic heterocycles. The Morgan fingerprint density at radius 2 is 1.50 bits per heavy atom. The molecular weight excluding hydrogens is 372 g/mol. The van der Waals surface area contributed by atoms with Crippen molar-refractivity contribution < 1.29 is 13.2 Å². The molecule has 1 N–H and O–H groups in total. The second kappa shape index (κ2) is 7.86. The Balaban J connectivity index is 1.96. The summed E-state index contributed by atoms with van der Waals surface area (Å²) in [6.07, 6.45) is 0. The number of carbonyl (C=O) groups excluding carboxylic acids is 1. The van der Waals surface area contributed by atoms with E-state index in [9.17, 15) is 13.2 Å². The molecule has 0 bridgehead atoms. The lowest BCUT2D eigenvalue weighted by Gasteiger charge is -2.21. The van der Waals surface area contributed by atoms with Crippen molar-refractivity contribution in [3.63, 3.8) is 0 Å². The van der Waals surface area contributed by atoms with Crippen LogP contribution in [0.25, 0.3) is 0 Å². The molecule has 0 fully saturated rings. The van der Waals surface area contributed by atoms with Gasteiger partial charge in [-0.05, 0) is 61.4 Å². The average Bonchev–Trinajstić information content (AvgIpc) is 2.70. The van der Waals surface area contributed by atoms with E-state index in [0.717, 1.165) is 11.1 Å². The summed E-state index contributed by atoms with van der Waals surface area (Å²) in [5.41, 5.74) is 3.40. The molecule has 3 aromatic carbocycles. The molecule has 1 amide bonds. The fraction of sp³-hybridized carbons (Fsp3) is 0.136. The third kappa shape index (κ3) is 3.92. The minimum absolute atomic E-state index is 0.0392. The minimum atomic E-state index is -3.90. The highest BCUT2D eigenvalue weighted by molar-refractivity contribution is 7.92. The van der Waals surface area contributed by atoms with Gasteiger partial charge in [-0.25, -0.2) is 8.42 Å². The maximum Gasteiger partial charge on any atom is 0.264 e. The van der Waals surface area contributed by atoms with Crippen LogP contribution in [0, 0.1) is 13.8 Å². The fourth-order valence-corrected chi connectivity index (χ4v) is 4.20. The van der Waals surface area contributed by atoms with Crippen molar-refractivity contribution in [3.05, 3.63) is 89.5 Å². The average molecular weight is 394 g/mol. The van der Waals surface area contributed by atoms with Crippen LogP contribution in [0.4, 0.5) is 11.4 Å². The molecular formula is C22H22N2O3S. The van der Waals surface area contributed by atoms with Crippen LogP contribution in [0.2, 0.25) is 0 Å². The Bertz CT molecular complexity index is 1110. The molecule has 5 nitrogen and oxygen atoms in total. The number of carbonyl (C=O) groups is 1. The van der Waals surface area contributed by atoms with Crippen LogP contribution in [0.15, 0.2) is 77.7 Å². The van der Waals surface area contributed by atoms with Crippen molar-refractivity contribution in [1.29, 1.82) is 0 Å². The molecule has 0 aromatic heterocycles. The second-order valence-corrected chi connectivity index (χ2v) is 8.50. The lowest BCUT2D eigenvalue weighted by molar-refractivity contribution is 0.102. The summed E-state index contributed by atoms with van der Waals surface area (Å²) in [6, 6.07) is 20.5.